The Morgan fingerprint density at radius 3 is 2.11 bits per heavy atom. The van der Waals surface area contributed by atoms with E-state index in [2.05, 4.69) is 33.0 Å². The summed E-state index contributed by atoms with van der Waals surface area (Å²) in [7, 11) is -1.34. The second-order valence-electron chi connectivity index (χ2n) is 3.03. The molecule has 2 heteroatoms. The molecule has 0 saturated carbocycles. The lowest BCUT2D eigenvalue weighted by molar-refractivity contribution is 1.32. The molecular formula is C7H15ClSi. The van der Waals surface area contributed by atoms with Gasteiger partial charge in [0.05, 0.1) is 0 Å². The molecule has 0 aromatic rings. The van der Waals surface area contributed by atoms with Crippen LogP contribution >= 0.6 is 11.1 Å². The van der Waals surface area contributed by atoms with Crippen LogP contribution in [0, 0.1) is 0 Å². The lowest BCUT2D eigenvalue weighted by atomic mass is 10.3. The molecule has 9 heavy (non-hydrogen) atoms. The standard InChI is InChI=1S/C7H15ClSi/c1-5-7(2)6-9(3,4)8/h5H,6H2,1-4H3/b7-5-. The third-order valence-electron chi connectivity index (χ3n) is 1.19. The van der Waals surface area contributed by atoms with Crippen molar-refractivity contribution in [2.24, 2.45) is 0 Å². The zero-order chi connectivity index (χ0) is 7.49. The Kier molecular flexibility index (Phi) is 3.52. The Hall–Kier alpha value is 0.247. The molecule has 54 valence electrons. The van der Waals surface area contributed by atoms with Gasteiger partial charge in [0.1, 0.15) is 0 Å². The van der Waals surface area contributed by atoms with Gasteiger partial charge in [-0.2, -0.15) is 11.1 Å². The largest absolute Gasteiger partial charge is 0.167 e. The number of rotatable bonds is 2. The molecule has 0 aromatic heterocycles. The first-order valence-corrected chi connectivity index (χ1v) is 7.48. The van der Waals surface area contributed by atoms with Crippen LogP contribution in [0.15, 0.2) is 11.6 Å². The van der Waals surface area contributed by atoms with E-state index in [1.165, 1.54) is 5.57 Å². The van der Waals surface area contributed by atoms with Crippen LogP contribution in [-0.2, 0) is 0 Å². The van der Waals surface area contributed by atoms with Gasteiger partial charge >= 0.3 is 0 Å². The third kappa shape index (κ3) is 6.13. The summed E-state index contributed by atoms with van der Waals surface area (Å²) in [6, 6.07) is 1.12. The molecule has 0 spiro atoms. The normalized spacial score (nSPS) is 14.1. The maximum absolute atomic E-state index is 6.10. The summed E-state index contributed by atoms with van der Waals surface area (Å²) in [5, 5.41) is 0. The maximum atomic E-state index is 6.10. The SMILES string of the molecule is C/C=C(/C)C[Si](C)(C)Cl. The fourth-order valence-corrected chi connectivity index (χ4v) is 2.93. The smallest absolute Gasteiger partial charge is 0.154 e. The molecule has 0 unspecified atom stereocenters. The van der Waals surface area contributed by atoms with E-state index in [0.717, 1.165) is 6.04 Å². The molecule has 0 N–H and O–H groups in total. The molecule has 0 radical (unpaired) electrons. The Bertz CT molecular complexity index is 111. The van der Waals surface area contributed by atoms with E-state index in [1.54, 1.807) is 0 Å². The quantitative estimate of drug-likeness (QED) is 0.332. The van der Waals surface area contributed by atoms with Crippen LogP contribution in [0.4, 0.5) is 0 Å². The summed E-state index contributed by atoms with van der Waals surface area (Å²) < 4.78 is 0. The molecule has 0 saturated heterocycles. The molecule has 0 heterocycles. The van der Waals surface area contributed by atoms with Gasteiger partial charge in [-0.3, -0.25) is 0 Å². The minimum Gasteiger partial charge on any atom is -0.167 e. The van der Waals surface area contributed by atoms with Crippen LogP contribution in [0.5, 0.6) is 0 Å². The van der Waals surface area contributed by atoms with Crippen LogP contribution in [0.25, 0.3) is 0 Å². The zero-order valence-electron chi connectivity index (χ0n) is 6.66. The highest BCUT2D eigenvalue weighted by Gasteiger charge is 2.16. The van der Waals surface area contributed by atoms with Crippen LogP contribution in [-0.4, -0.2) is 7.38 Å². The van der Waals surface area contributed by atoms with Crippen molar-refractivity contribution in [2.75, 3.05) is 0 Å². The van der Waals surface area contributed by atoms with Crippen molar-refractivity contribution in [3.63, 3.8) is 0 Å². The average molecular weight is 163 g/mol. The second-order valence-corrected chi connectivity index (χ2v) is 9.89. The molecule has 0 rings (SSSR count). The molecule has 0 amide bonds. The summed E-state index contributed by atoms with van der Waals surface area (Å²) in [6.07, 6.45) is 2.14. The Labute approximate surface area is 63.6 Å². The highest BCUT2D eigenvalue weighted by Crippen LogP contribution is 2.19. The van der Waals surface area contributed by atoms with E-state index in [4.69, 9.17) is 11.1 Å². The molecule has 0 bridgehead atoms. The topological polar surface area (TPSA) is 0 Å². The number of hydrogen-bond donors (Lipinski definition) is 0. The second kappa shape index (κ2) is 3.42. The van der Waals surface area contributed by atoms with Gasteiger partial charge in [-0.25, -0.2) is 0 Å². The molecule has 0 aliphatic heterocycles. The van der Waals surface area contributed by atoms with Crippen LogP contribution < -0.4 is 0 Å². The third-order valence-corrected chi connectivity index (χ3v) is 2.99. The fourth-order valence-electron chi connectivity index (χ4n) is 0.765. The van der Waals surface area contributed by atoms with Gasteiger partial charge in [-0.05, 0) is 19.9 Å². The molecule has 0 aromatic carbocycles. The van der Waals surface area contributed by atoms with E-state index in [0.29, 0.717) is 0 Å². The van der Waals surface area contributed by atoms with Gasteiger partial charge in [0.2, 0.25) is 0 Å². The highest BCUT2D eigenvalue weighted by atomic mass is 35.6. The van der Waals surface area contributed by atoms with E-state index >= 15 is 0 Å². The van der Waals surface area contributed by atoms with Crippen molar-refractivity contribution in [1.29, 1.82) is 0 Å². The van der Waals surface area contributed by atoms with Crippen molar-refractivity contribution in [1.82, 2.24) is 0 Å². The minimum atomic E-state index is -1.34. The lowest BCUT2D eigenvalue weighted by Crippen LogP contribution is -2.15. The lowest BCUT2D eigenvalue weighted by Gasteiger charge is -2.11. The van der Waals surface area contributed by atoms with E-state index in [1.807, 2.05) is 0 Å². The van der Waals surface area contributed by atoms with Crippen LogP contribution in [0.3, 0.4) is 0 Å². The summed E-state index contributed by atoms with van der Waals surface area (Å²) in [5.41, 5.74) is 1.42. The predicted molar refractivity (Wildman–Crippen MR) is 47.6 cm³/mol. The summed E-state index contributed by atoms with van der Waals surface area (Å²) in [5.74, 6) is 0. The maximum Gasteiger partial charge on any atom is 0.154 e. The van der Waals surface area contributed by atoms with Crippen LogP contribution in [0.1, 0.15) is 13.8 Å². The van der Waals surface area contributed by atoms with Gasteiger partial charge in [-0.1, -0.05) is 24.7 Å². The predicted octanol–water partition coefficient (Wildman–Crippen LogP) is 3.40. The summed E-state index contributed by atoms with van der Waals surface area (Å²) in [4.78, 5) is 0. The molecule has 0 aliphatic carbocycles. The number of hydrogen-bond acceptors (Lipinski definition) is 0. The number of halogens is 1. The Balaban J connectivity index is 3.75. The van der Waals surface area contributed by atoms with E-state index < -0.39 is 7.38 Å². The van der Waals surface area contributed by atoms with Gasteiger partial charge in [0.25, 0.3) is 0 Å². The molecule has 0 aliphatic rings. The van der Waals surface area contributed by atoms with Gasteiger partial charge in [0.15, 0.2) is 7.38 Å². The summed E-state index contributed by atoms with van der Waals surface area (Å²) >= 11 is 6.10. The van der Waals surface area contributed by atoms with E-state index in [9.17, 15) is 0 Å². The molecule has 0 atom stereocenters. The number of allylic oxidation sites excluding steroid dienone is 2. The van der Waals surface area contributed by atoms with Crippen LogP contribution in [0.2, 0.25) is 19.1 Å². The fraction of sp³-hybridized carbons (Fsp3) is 0.714. The highest BCUT2D eigenvalue weighted by molar-refractivity contribution is 7.19. The Morgan fingerprint density at radius 2 is 2.00 bits per heavy atom. The van der Waals surface area contributed by atoms with Crippen molar-refractivity contribution in [3.8, 4) is 0 Å². The first kappa shape index (κ1) is 9.25. The molecular weight excluding hydrogens is 148 g/mol. The van der Waals surface area contributed by atoms with Crippen molar-refractivity contribution in [2.45, 2.75) is 33.0 Å². The molecule has 0 nitrogen and oxygen atoms in total. The average Bonchev–Trinajstić information content (AvgIpc) is 1.62. The van der Waals surface area contributed by atoms with Gasteiger partial charge < -0.3 is 0 Å². The first-order valence-electron chi connectivity index (χ1n) is 3.26. The minimum absolute atomic E-state index is 1.12. The van der Waals surface area contributed by atoms with Crippen molar-refractivity contribution in [3.05, 3.63) is 11.6 Å². The van der Waals surface area contributed by atoms with Gasteiger partial charge in [0, 0.05) is 0 Å². The molecule has 0 fully saturated rings. The van der Waals surface area contributed by atoms with E-state index in [-0.39, 0.29) is 0 Å². The monoisotopic (exact) mass is 162 g/mol. The first-order chi connectivity index (χ1) is 3.95. The summed E-state index contributed by atoms with van der Waals surface area (Å²) in [6.45, 7) is 8.53. The zero-order valence-corrected chi connectivity index (χ0v) is 8.42. The van der Waals surface area contributed by atoms with Crippen molar-refractivity contribution < 1.29 is 0 Å². The Morgan fingerprint density at radius 1 is 1.56 bits per heavy atom. The van der Waals surface area contributed by atoms with Gasteiger partial charge in [-0.15, -0.1) is 0 Å². The van der Waals surface area contributed by atoms with Crippen molar-refractivity contribution >= 4 is 18.5 Å².